The fourth-order valence-electron chi connectivity index (χ4n) is 0.898. The molecule has 0 aliphatic rings. The van der Waals surface area contributed by atoms with Gasteiger partial charge in [0, 0.05) is 4.88 Å². The lowest BCUT2D eigenvalue weighted by atomic mass is 10.2. The van der Waals surface area contributed by atoms with Crippen LogP contribution in [0, 0.1) is 6.92 Å². The molecule has 0 unspecified atom stereocenters. The van der Waals surface area contributed by atoms with E-state index < -0.39 is 0 Å². The molecule has 0 fully saturated rings. The van der Waals surface area contributed by atoms with Gasteiger partial charge in [-0.05, 0) is 18.6 Å². The summed E-state index contributed by atoms with van der Waals surface area (Å²) in [5.74, 6) is -0.377. The second-order valence-corrected chi connectivity index (χ2v) is 3.51. The van der Waals surface area contributed by atoms with Gasteiger partial charge in [-0.25, -0.2) is 4.39 Å². The first-order valence-corrected chi connectivity index (χ1v) is 4.04. The van der Waals surface area contributed by atoms with Gasteiger partial charge in [-0.2, -0.15) is 0 Å². The SMILES string of the molecule is C=Cc1cc(C)sc1C(=C)F. The molecular weight excluding hydrogens is 159 g/mol. The van der Waals surface area contributed by atoms with E-state index in [2.05, 4.69) is 13.2 Å². The Balaban J connectivity index is 3.22. The van der Waals surface area contributed by atoms with Gasteiger partial charge in [0.05, 0.1) is 4.88 Å². The van der Waals surface area contributed by atoms with E-state index in [1.807, 2.05) is 13.0 Å². The van der Waals surface area contributed by atoms with Gasteiger partial charge in [0.1, 0.15) is 5.83 Å². The van der Waals surface area contributed by atoms with Gasteiger partial charge in [-0.3, -0.25) is 0 Å². The Labute approximate surface area is 69.7 Å². The molecule has 0 saturated carbocycles. The zero-order valence-electron chi connectivity index (χ0n) is 6.36. The molecule has 0 nitrogen and oxygen atoms in total. The van der Waals surface area contributed by atoms with Gasteiger partial charge in [0.2, 0.25) is 0 Å². The number of thiophene rings is 1. The molecule has 0 N–H and O–H groups in total. The van der Waals surface area contributed by atoms with Crippen molar-refractivity contribution in [3.8, 4) is 0 Å². The fourth-order valence-corrected chi connectivity index (χ4v) is 1.78. The van der Waals surface area contributed by atoms with Gasteiger partial charge < -0.3 is 0 Å². The molecule has 1 aromatic heterocycles. The molecule has 0 radical (unpaired) electrons. The van der Waals surface area contributed by atoms with E-state index in [0.29, 0.717) is 4.88 Å². The topological polar surface area (TPSA) is 0 Å². The van der Waals surface area contributed by atoms with Gasteiger partial charge >= 0.3 is 0 Å². The lowest BCUT2D eigenvalue weighted by Gasteiger charge is -1.90. The molecule has 0 atom stereocenters. The Hall–Kier alpha value is -0.890. The molecule has 0 saturated heterocycles. The van der Waals surface area contributed by atoms with Crippen molar-refractivity contribution < 1.29 is 4.39 Å². The lowest BCUT2D eigenvalue weighted by molar-refractivity contribution is 0.767. The molecule has 11 heavy (non-hydrogen) atoms. The third kappa shape index (κ3) is 1.57. The quantitative estimate of drug-likeness (QED) is 0.632. The molecule has 58 valence electrons. The molecule has 2 heteroatoms. The summed E-state index contributed by atoms with van der Waals surface area (Å²) in [6.07, 6.45) is 1.64. The van der Waals surface area contributed by atoms with Gasteiger partial charge in [0.25, 0.3) is 0 Å². The summed E-state index contributed by atoms with van der Waals surface area (Å²) in [7, 11) is 0. The van der Waals surface area contributed by atoms with Crippen molar-refractivity contribution in [3.63, 3.8) is 0 Å². The summed E-state index contributed by atoms with van der Waals surface area (Å²) in [5.41, 5.74) is 0.833. The van der Waals surface area contributed by atoms with E-state index in [9.17, 15) is 4.39 Å². The average Bonchev–Trinajstić information content (AvgIpc) is 2.30. The number of hydrogen-bond acceptors (Lipinski definition) is 1. The first-order valence-electron chi connectivity index (χ1n) is 3.23. The highest BCUT2D eigenvalue weighted by atomic mass is 32.1. The van der Waals surface area contributed by atoms with Crippen LogP contribution in [0.5, 0.6) is 0 Å². The normalized spacial score (nSPS) is 9.64. The van der Waals surface area contributed by atoms with Crippen LogP contribution in [0.3, 0.4) is 0 Å². The standard InChI is InChI=1S/C9H9FS/c1-4-8-5-6(2)11-9(8)7(3)10/h4-5H,1,3H2,2H3. The Morgan fingerprint density at radius 3 is 2.73 bits per heavy atom. The lowest BCUT2D eigenvalue weighted by Crippen LogP contribution is -1.71. The molecular formula is C9H9FS. The van der Waals surface area contributed by atoms with Crippen molar-refractivity contribution in [2.75, 3.05) is 0 Å². The molecule has 0 aliphatic carbocycles. The maximum Gasteiger partial charge on any atom is 0.133 e. The van der Waals surface area contributed by atoms with Crippen LogP contribution in [-0.4, -0.2) is 0 Å². The zero-order chi connectivity index (χ0) is 8.43. The minimum absolute atomic E-state index is 0.377. The van der Waals surface area contributed by atoms with E-state index in [4.69, 9.17) is 0 Å². The molecule has 1 rings (SSSR count). The number of aryl methyl sites for hydroxylation is 1. The monoisotopic (exact) mass is 168 g/mol. The van der Waals surface area contributed by atoms with Crippen LogP contribution >= 0.6 is 11.3 Å². The highest BCUT2D eigenvalue weighted by molar-refractivity contribution is 7.13. The van der Waals surface area contributed by atoms with Crippen LogP contribution in [0.15, 0.2) is 19.2 Å². The van der Waals surface area contributed by atoms with E-state index >= 15 is 0 Å². The summed E-state index contributed by atoms with van der Waals surface area (Å²) < 4.78 is 12.7. The van der Waals surface area contributed by atoms with Crippen LogP contribution in [0.4, 0.5) is 4.39 Å². The van der Waals surface area contributed by atoms with Crippen molar-refractivity contribution in [1.82, 2.24) is 0 Å². The Morgan fingerprint density at radius 2 is 2.36 bits per heavy atom. The summed E-state index contributed by atoms with van der Waals surface area (Å²) >= 11 is 1.40. The highest BCUT2D eigenvalue weighted by Crippen LogP contribution is 2.29. The van der Waals surface area contributed by atoms with Gasteiger partial charge in [-0.1, -0.05) is 19.2 Å². The highest BCUT2D eigenvalue weighted by Gasteiger charge is 2.06. The summed E-state index contributed by atoms with van der Waals surface area (Å²) in [6.45, 7) is 8.76. The largest absolute Gasteiger partial charge is 0.206 e. The van der Waals surface area contributed by atoms with E-state index in [1.54, 1.807) is 6.08 Å². The van der Waals surface area contributed by atoms with Crippen molar-refractivity contribution in [2.45, 2.75) is 6.92 Å². The Bertz CT molecular complexity index is 297. The summed E-state index contributed by atoms with van der Waals surface area (Å²) in [5, 5.41) is 0. The second-order valence-electron chi connectivity index (χ2n) is 2.25. The van der Waals surface area contributed by atoms with Crippen molar-refractivity contribution in [3.05, 3.63) is 34.5 Å². The van der Waals surface area contributed by atoms with Crippen LogP contribution in [0.2, 0.25) is 0 Å². The second kappa shape index (κ2) is 3.01. The van der Waals surface area contributed by atoms with Gasteiger partial charge in [-0.15, -0.1) is 11.3 Å². The van der Waals surface area contributed by atoms with E-state index in [0.717, 1.165) is 10.4 Å². The molecule has 1 aromatic rings. The van der Waals surface area contributed by atoms with E-state index in [-0.39, 0.29) is 5.83 Å². The molecule has 1 heterocycles. The zero-order valence-corrected chi connectivity index (χ0v) is 7.17. The van der Waals surface area contributed by atoms with Gasteiger partial charge in [0.15, 0.2) is 0 Å². The third-order valence-corrected chi connectivity index (χ3v) is 2.45. The molecule has 0 spiro atoms. The third-order valence-electron chi connectivity index (χ3n) is 1.35. The maximum absolute atomic E-state index is 12.7. The number of hydrogen-bond donors (Lipinski definition) is 0. The summed E-state index contributed by atoms with van der Waals surface area (Å²) in [6, 6.07) is 1.90. The van der Waals surface area contributed by atoms with Crippen LogP contribution in [-0.2, 0) is 0 Å². The molecule has 0 aliphatic heterocycles. The first-order chi connectivity index (χ1) is 5.15. The number of rotatable bonds is 2. The smallest absolute Gasteiger partial charge is 0.133 e. The maximum atomic E-state index is 12.7. The van der Waals surface area contributed by atoms with Crippen molar-refractivity contribution in [1.29, 1.82) is 0 Å². The van der Waals surface area contributed by atoms with Crippen LogP contribution < -0.4 is 0 Å². The Kier molecular flexibility index (Phi) is 2.25. The predicted octanol–water partition coefficient (Wildman–Crippen LogP) is 3.64. The Morgan fingerprint density at radius 1 is 1.73 bits per heavy atom. The molecule has 0 amide bonds. The molecule has 0 bridgehead atoms. The fraction of sp³-hybridized carbons (Fsp3) is 0.111. The van der Waals surface area contributed by atoms with Crippen LogP contribution in [0.25, 0.3) is 11.9 Å². The minimum atomic E-state index is -0.377. The van der Waals surface area contributed by atoms with E-state index in [1.165, 1.54) is 11.3 Å². The van der Waals surface area contributed by atoms with Crippen LogP contribution in [0.1, 0.15) is 15.3 Å². The van der Waals surface area contributed by atoms with Crippen molar-refractivity contribution in [2.24, 2.45) is 0 Å². The predicted molar refractivity (Wildman–Crippen MR) is 49.3 cm³/mol. The van der Waals surface area contributed by atoms with Crippen molar-refractivity contribution >= 4 is 23.2 Å². The molecule has 0 aromatic carbocycles. The first kappa shape index (κ1) is 8.21. The average molecular weight is 168 g/mol. The summed E-state index contributed by atoms with van der Waals surface area (Å²) in [4.78, 5) is 1.67. The number of halogens is 1. The minimum Gasteiger partial charge on any atom is -0.206 e.